The Labute approximate surface area is 190 Å². The van der Waals surface area contributed by atoms with E-state index in [9.17, 15) is 4.79 Å². The summed E-state index contributed by atoms with van der Waals surface area (Å²) in [4.78, 5) is 14.9. The number of benzene rings is 2. The summed E-state index contributed by atoms with van der Waals surface area (Å²) in [5.74, 6) is 0.793. The van der Waals surface area contributed by atoms with Crippen molar-refractivity contribution in [3.63, 3.8) is 0 Å². The average Bonchev–Trinajstić information content (AvgIpc) is 3.45. The van der Waals surface area contributed by atoms with Crippen molar-refractivity contribution in [2.75, 3.05) is 0 Å². The molecule has 31 heavy (non-hydrogen) atoms. The van der Waals surface area contributed by atoms with Gasteiger partial charge in [0.15, 0.2) is 0 Å². The lowest BCUT2D eigenvalue weighted by atomic mass is 10.1. The Kier molecular flexibility index (Phi) is 4.88. The van der Waals surface area contributed by atoms with E-state index >= 15 is 0 Å². The predicted molar refractivity (Wildman–Crippen MR) is 122 cm³/mol. The Morgan fingerprint density at radius 1 is 1.00 bits per heavy atom. The van der Waals surface area contributed by atoms with Crippen LogP contribution < -0.4 is 0 Å². The Bertz CT molecular complexity index is 1310. The number of hydrogen-bond donors (Lipinski definition) is 0. The van der Waals surface area contributed by atoms with Gasteiger partial charge in [-0.25, -0.2) is 4.68 Å². The van der Waals surface area contributed by atoms with Crippen molar-refractivity contribution in [3.8, 4) is 11.5 Å². The van der Waals surface area contributed by atoms with Gasteiger partial charge in [0.1, 0.15) is 5.82 Å². The quantitative estimate of drug-likeness (QED) is 0.399. The number of hydrogen-bond acceptors (Lipinski definition) is 2. The number of fused-ring (bicyclic) bond motifs is 1. The summed E-state index contributed by atoms with van der Waals surface area (Å²) < 4.78 is 4.03. The van der Waals surface area contributed by atoms with Crippen LogP contribution in [0.4, 0.5) is 0 Å². The number of amides is 1. The van der Waals surface area contributed by atoms with E-state index in [4.69, 9.17) is 28.3 Å². The fourth-order valence-electron chi connectivity index (χ4n) is 4.13. The number of aromatic nitrogens is 3. The molecule has 1 amide bonds. The molecule has 1 aliphatic rings. The molecule has 0 radical (unpaired) electrons. The average molecular weight is 451 g/mol. The van der Waals surface area contributed by atoms with E-state index in [2.05, 4.69) is 32.0 Å². The highest BCUT2D eigenvalue weighted by Gasteiger charge is 2.32. The monoisotopic (exact) mass is 450 g/mol. The predicted octanol–water partition coefficient (Wildman–Crippen LogP) is 5.74. The Morgan fingerprint density at radius 2 is 1.77 bits per heavy atom. The molecule has 3 heterocycles. The van der Waals surface area contributed by atoms with Gasteiger partial charge >= 0.3 is 0 Å². The van der Waals surface area contributed by atoms with Crippen molar-refractivity contribution in [1.82, 2.24) is 19.2 Å². The number of halogens is 2. The second-order valence-corrected chi connectivity index (χ2v) is 8.67. The molecule has 1 aliphatic heterocycles. The highest BCUT2D eigenvalue weighted by Crippen LogP contribution is 2.33. The molecule has 0 saturated heterocycles. The van der Waals surface area contributed by atoms with Gasteiger partial charge in [0, 0.05) is 23.0 Å². The van der Waals surface area contributed by atoms with Crippen LogP contribution in [0, 0.1) is 13.8 Å². The fraction of sp³-hybridized carbons (Fsp3) is 0.167. The van der Waals surface area contributed by atoms with Crippen LogP contribution in [0.3, 0.4) is 0 Å². The Hall–Kier alpha value is -3.02. The lowest BCUT2D eigenvalue weighted by Gasteiger charge is -2.19. The molecule has 7 heteroatoms. The van der Waals surface area contributed by atoms with E-state index in [1.807, 2.05) is 33.8 Å². The molecule has 4 aromatic rings. The zero-order valence-corrected chi connectivity index (χ0v) is 18.7. The van der Waals surface area contributed by atoms with E-state index < -0.39 is 0 Å². The van der Waals surface area contributed by atoms with E-state index in [1.165, 1.54) is 5.56 Å². The number of carbonyl (C=O) groups excluding carboxylic acids is 1. The van der Waals surface area contributed by atoms with Crippen LogP contribution in [-0.2, 0) is 13.1 Å². The number of aryl methyl sites for hydroxylation is 2. The molecule has 0 saturated carbocycles. The van der Waals surface area contributed by atoms with Gasteiger partial charge in [-0.15, -0.1) is 0 Å². The van der Waals surface area contributed by atoms with Gasteiger partial charge in [0.2, 0.25) is 0 Å². The van der Waals surface area contributed by atoms with Gasteiger partial charge in [-0.2, -0.15) is 5.10 Å². The molecule has 0 unspecified atom stereocenters. The minimum Gasteiger partial charge on any atom is -0.328 e. The van der Waals surface area contributed by atoms with Crippen LogP contribution in [-0.4, -0.2) is 25.2 Å². The van der Waals surface area contributed by atoms with Crippen LogP contribution in [0.1, 0.15) is 32.7 Å². The molecular weight excluding hydrogens is 431 g/mol. The van der Waals surface area contributed by atoms with Gasteiger partial charge in [0.05, 0.1) is 35.1 Å². The maximum atomic E-state index is 13.2. The van der Waals surface area contributed by atoms with Crippen LogP contribution >= 0.6 is 23.2 Å². The number of nitrogens with zero attached hydrogens (tertiary/aromatic N) is 4. The van der Waals surface area contributed by atoms with Crippen molar-refractivity contribution in [2.45, 2.75) is 26.9 Å². The molecular formula is C24H20Cl2N4O. The number of carbonyl (C=O) groups is 1. The molecule has 2 aromatic carbocycles. The standard InChI is InChI=1S/C24H20Cl2N4O/c1-15-5-8-22(16(2)11-15)30-23(28-9-3-4-10-28)19-13-29(14-21(19)27-30)24(31)18-12-17(25)6-7-20(18)26/h3-12H,13-14H2,1-2H3. The molecule has 0 bridgehead atoms. The van der Waals surface area contributed by atoms with Gasteiger partial charge < -0.3 is 9.47 Å². The summed E-state index contributed by atoms with van der Waals surface area (Å²) in [6.07, 6.45) is 3.99. The van der Waals surface area contributed by atoms with E-state index in [0.717, 1.165) is 28.3 Å². The summed E-state index contributed by atoms with van der Waals surface area (Å²) in [6.45, 7) is 5.04. The third-order valence-corrected chi connectivity index (χ3v) is 6.17. The zero-order chi connectivity index (χ0) is 21.7. The van der Waals surface area contributed by atoms with Crippen molar-refractivity contribution in [2.24, 2.45) is 0 Å². The maximum Gasteiger partial charge on any atom is 0.256 e. The molecule has 0 aliphatic carbocycles. The Morgan fingerprint density at radius 3 is 2.52 bits per heavy atom. The summed E-state index contributed by atoms with van der Waals surface area (Å²) in [5, 5.41) is 5.79. The normalized spacial score (nSPS) is 13.0. The molecule has 0 N–H and O–H groups in total. The van der Waals surface area contributed by atoms with Crippen molar-refractivity contribution in [1.29, 1.82) is 0 Å². The minimum absolute atomic E-state index is 0.151. The summed E-state index contributed by atoms with van der Waals surface area (Å²) in [6, 6.07) is 15.2. The van der Waals surface area contributed by atoms with Gasteiger partial charge in [-0.3, -0.25) is 4.79 Å². The van der Waals surface area contributed by atoms with Crippen LogP contribution in [0.15, 0.2) is 60.9 Å². The molecule has 0 spiro atoms. The van der Waals surface area contributed by atoms with Crippen molar-refractivity contribution >= 4 is 29.1 Å². The van der Waals surface area contributed by atoms with Crippen LogP contribution in [0.25, 0.3) is 11.5 Å². The largest absolute Gasteiger partial charge is 0.328 e. The van der Waals surface area contributed by atoms with E-state index in [1.54, 1.807) is 23.1 Å². The van der Waals surface area contributed by atoms with E-state index in [0.29, 0.717) is 28.7 Å². The molecule has 5 nitrogen and oxygen atoms in total. The number of rotatable bonds is 3. The SMILES string of the molecule is Cc1ccc(-n2nc3c(c2-n2cccc2)CN(C(=O)c2cc(Cl)ccc2Cl)C3)c(C)c1. The van der Waals surface area contributed by atoms with Crippen LogP contribution in [0.2, 0.25) is 10.0 Å². The lowest BCUT2D eigenvalue weighted by molar-refractivity contribution is 0.0749. The molecule has 0 atom stereocenters. The van der Waals surface area contributed by atoms with Gasteiger partial charge in [0.25, 0.3) is 5.91 Å². The summed E-state index contributed by atoms with van der Waals surface area (Å²) >= 11 is 12.4. The lowest BCUT2D eigenvalue weighted by Crippen LogP contribution is -2.26. The topological polar surface area (TPSA) is 43.1 Å². The van der Waals surface area contributed by atoms with Gasteiger partial charge in [-0.05, 0) is 55.8 Å². The fourth-order valence-corrected chi connectivity index (χ4v) is 4.50. The third kappa shape index (κ3) is 3.44. The second kappa shape index (κ2) is 7.59. The highest BCUT2D eigenvalue weighted by atomic mass is 35.5. The first-order chi connectivity index (χ1) is 14.9. The molecule has 156 valence electrons. The van der Waals surface area contributed by atoms with Crippen molar-refractivity contribution in [3.05, 3.63) is 98.9 Å². The third-order valence-electron chi connectivity index (χ3n) is 5.60. The minimum atomic E-state index is -0.151. The molecule has 0 fully saturated rings. The smallest absolute Gasteiger partial charge is 0.256 e. The first-order valence-corrected chi connectivity index (χ1v) is 10.7. The highest BCUT2D eigenvalue weighted by molar-refractivity contribution is 6.35. The first kappa shape index (κ1) is 19.9. The molecule has 2 aromatic heterocycles. The first-order valence-electron chi connectivity index (χ1n) is 9.98. The van der Waals surface area contributed by atoms with Crippen LogP contribution in [0.5, 0.6) is 0 Å². The maximum absolute atomic E-state index is 13.2. The molecule has 5 rings (SSSR count). The van der Waals surface area contributed by atoms with Gasteiger partial charge in [-0.1, -0.05) is 40.9 Å². The Balaban J connectivity index is 1.57. The van der Waals surface area contributed by atoms with E-state index in [-0.39, 0.29) is 5.91 Å². The van der Waals surface area contributed by atoms with Crippen molar-refractivity contribution < 1.29 is 4.79 Å². The summed E-state index contributed by atoms with van der Waals surface area (Å²) in [5.41, 5.74) is 5.70. The second-order valence-electron chi connectivity index (χ2n) is 7.83. The summed E-state index contributed by atoms with van der Waals surface area (Å²) in [7, 11) is 0. The zero-order valence-electron chi connectivity index (χ0n) is 17.1.